The van der Waals surface area contributed by atoms with Gasteiger partial charge >= 0.3 is 12.6 Å². The number of alkyl halides is 2. The van der Waals surface area contributed by atoms with Gasteiger partial charge in [-0.1, -0.05) is 41.7 Å². The van der Waals surface area contributed by atoms with Crippen molar-refractivity contribution in [3.8, 4) is 34.0 Å². The summed E-state index contributed by atoms with van der Waals surface area (Å²) in [6.07, 6.45) is 1.21. The van der Waals surface area contributed by atoms with E-state index in [1.807, 2.05) is 0 Å². The van der Waals surface area contributed by atoms with Gasteiger partial charge < -0.3 is 14.6 Å². The molecule has 1 atom stereocenters. The van der Waals surface area contributed by atoms with Crippen LogP contribution < -0.4 is 14.4 Å². The third-order valence-corrected chi connectivity index (χ3v) is 6.94. The molecule has 208 valence electrons. The number of ether oxygens (including phenoxy) is 2. The Morgan fingerprint density at radius 3 is 2.45 bits per heavy atom. The molecule has 0 aliphatic carbocycles. The molecule has 2 aromatic heterocycles. The highest BCUT2D eigenvalue weighted by Gasteiger charge is 2.29. The maximum atomic E-state index is 15.4. The number of carboxylic acids is 1. The Kier molecular flexibility index (Phi) is 9.00. The third kappa shape index (κ3) is 6.75. The molecule has 4 aromatic rings. The SMILES string of the molecule is COc1ccc(-c2ccc(OC(F)F)cc2-c2nc(N(C)C(=O)[C@@H](CC(=O)O)Cc3ccccc3)sc2F)cn1. The Labute approximate surface area is 231 Å². The molecule has 0 spiro atoms. The summed E-state index contributed by atoms with van der Waals surface area (Å²) in [4.78, 5) is 34.4. The second-order valence-electron chi connectivity index (χ2n) is 8.68. The van der Waals surface area contributed by atoms with Crippen LogP contribution in [0.5, 0.6) is 11.6 Å². The van der Waals surface area contributed by atoms with Crippen LogP contribution in [0.4, 0.5) is 18.3 Å². The van der Waals surface area contributed by atoms with Crippen LogP contribution in [-0.2, 0) is 16.0 Å². The van der Waals surface area contributed by atoms with Gasteiger partial charge in [-0.05, 0) is 41.8 Å². The fourth-order valence-corrected chi connectivity index (χ4v) is 4.91. The van der Waals surface area contributed by atoms with Crippen molar-refractivity contribution in [1.82, 2.24) is 9.97 Å². The van der Waals surface area contributed by atoms with Crippen LogP contribution in [0.3, 0.4) is 0 Å². The Balaban J connectivity index is 1.71. The molecule has 0 bridgehead atoms. The molecule has 1 N–H and O–H groups in total. The summed E-state index contributed by atoms with van der Waals surface area (Å²) >= 11 is 0.573. The lowest BCUT2D eigenvalue weighted by Crippen LogP contribution is -2.35. The lowest BCUT2D eigenvalue weighted by molar-refractivity contribution is -0.140. The molecule has 2 aromatic carbocycles. The van der Waals surface area contributed by atoms with E-state index in [4.69, 9.17) is 4.74 Å². The number of pyridine rings is 1. The van der Waals surface area contributed by atoms with Crippen LogP contribution in [0.15, 0.2) is 66.9 Å². The predicted molar refractivity (Wildman–Crippen MR) is 143 cm³/mol. The summed E-state index contributed by atoms with van der Waals surface area (Å²) in [5.41, 5.74) is 1.67. The minimum absolute atomic E-state index is 0.0278. The van der Waals surface area contributed by atoms with E-state index in [-0.39, 0.29) is 28.6 Å². The highest BCUT2D eigenvalue weighted by Crippen LogP contribution is 2.39. The Morgan fingerprint density at radius 1 is 1.07 bits per heavy atom. The summed E-state index contributed by atoms with van der Waals surface area (Å²) in [5.74, 6) is -2.50. The molecule has 40 heavy (non-hydrogen) atoms. The minimum Gasteiger partial charge on any atom is -0.481 e. The highest BCUT2D eigenvalue weighted by atomic mass is 32.1. The third-order valence-electron chi connectivity index (χ3n) is 6.02. The molecule has 0 unspecified atom stereocenters. The standard InChI is InChI=1S/C28H24F3N3O5S/c1-34(26(37)18(13-23(35)36)12-16-6-4-3-5-7-16)28-33-24(25(29)40-28)21-14-19(39-27(30)31)9-10-20(21)17-8-11-22(38-2)32-15-17/h3-11,14-15,18,27H,12-13H2,1-2H3,(H,35,36)/t18-/m1/s1. The van der Waals surface area contributed by atoms with Crippen LogP contribution in [0.2, 0.25) is 0 Å². The number of amides is 1. The van der Waals surface area contributed by atoms with Crippen molar-refractivity contribution in [2.24, 2.45) is 5.92 Å². The van der Waals surface area contributed by atoms with Crippen molar-refractivity contribution >= 4 is 28.3 Å². The van der Waals surface area contributed by atoms with Gasteiger partial charge in [-0.25, -0.2) is 9.97 Å². The van der Waals surface area contributed by atoms with Crippen LogP contribution >= 0.6 is 11.3 Å². The second-order valence-corrected chi connectivity index (χ2v) is 9.60. The number of benzene rings is 2. The quantitative estimate of drug-likeness (QED) is 0.239. The number of thiazole rings is 1. The number of hydrogen-bond donors (Lipinski definition) is 1. The molecule has 0 saturated carbocycles. The fraction of sp³-hybridized carbons (Fsp3) is 0.214. The highest BCUT2D eigenvalue weighted by molar-refractivity contribution is 7.14. The van der Waals surface area contributed by atoms with Crippen molar-refractivity contribution in [2.75, 3.05) is 19.1 Å². The van der Waals surface area contributed by atoms with Gasteiger partial charge in [0.15, 0.2) is 5.13 Å². The summed E-state index contributed by atoms with van der Waals surface area (Å²) in [6, 6.07) is 16.2. The zero-order valence-corrected chi connectivity index (χ0v) is 22.2. The molecule has 0 radical (unpaired) electrons. The zero-order chi connectivity index (χ0) is 28.8. The number of rotatable bonds is 11. The molecule has 12 heteroatoms. The Hall–Kier alpha value is -4.45. The molecule has 1 amide bonds. The Bertz CT molecular complexity index is 1480. The first-order chi connectivity index (χ1) is 19.2. The van der Waals surface area contributed by atoms with E-state index in [9.17, 15) is 23.5 Å². The largest absolute Gasteiger partial charge is 0.481 e. The van der Waals surface area contributed by atoms with Gasteiger partial charge in [0, 0.05) is 30.4 Å². The summed E-state index contributed by atoms with van der Waals surface area (Å²) in [6.45, 7) is -3.10. The lowest BCUT2D eigenvalue weighted by Gasteiger charge is -2.21. The monoisotopic (exact) mass is 571 g/mol. The molecule has 0 fully saturated rings. The van der Waals surface area contributed by atoms with E-state index in [0.29, 0.717) is 28.3 Å². The number of nitrogens with zero attached hydrogens (tertiary/aromatic N) is 3. The van der Waals surface area contributed by atoms with Crippen molar-refractivity contribution in [1.29, 1.82) is 0 Å². The number of hydrogen-bond acceptors (Lipinski definition) is 7. The van der Waals surface area contributed by atoms with Gasteiger partial charge in [-0.3, -0.25) is 14.5 Å². The minimum atomic E-state index is -3.10. The Morgan fingerprint density at radius 2 is 1.82 bits per heavy atom. The molecule has 0 saturated heterocycles. The first-order valence-electron chi connectivity index (χ1n) is 12.0. The van der Waals surface area contributed by atoms with E-state index < -0.39 is 36.0 Å². The van der Waals surface area contributed by atoms with E-state index in [2.05, 4.69) is 14.7 Å². The molecule has 0 aliphatic rings. The summed E-state index contributed by atoms with van der Waals surface area (Å²) in [7, 11) is 2.84. The number of carbonyl (C=O) groups excluding carboxylic acids is 1. The molecular weight excluding hydrogens is 547 g/mol. The summed E-state index contributed by atoms with van der Waals surface area (Å²) in [5, 5.41) is 8.60. The van der Waals surface area contributed by atoms with E-state index in [1.165, 1.54) is 38.6 Å². The van der Waals surface area contributed by atoms with E-state index >= 15 is 4.39 Å². The number of carboxylic acid groups (broad SMARTS) is 1. The van der Waals surface area contributed by atoms with Crippen LogP contribution in [0, 0.1) is 11.0 Å². The first kappa shape index (κ1) is 28.6. The van der Waals surface area contributed by atoms with Gasteiger partial charge in [-0.2, -0.15) is 13.2 Å². The molecule has 0 aliphatic heterocycles. The second kappa shape index (κ2) is 12.6. The molecule has 8 nitrogen and oxygen atoms in total. The predicted octanol–water partition coefficient (Wildman–Crippen LogP) is 5.92. The summed E-state index contributed by atoms with van der Waals surface area (Å²) < 4.78 is 50.9. The maximum Gasteiger partial charge on any atom is 0.387 e. The average Bonchev–Trinajstić information content (AvgIpc) is 3.33. The fourth-order valence-electron chi connectivity index (χ4n) is 4.13. The van der Waals surface area contributed by atoms with E-state index in [0.717, 1.165) is 10.5 Å². The van der Waals surface area contributed by atoms with Crippen LogP contribution in [-0.4, -0.2) is 47.7 Å². The number of methoxy groups -OCH3 is 1. The maximum absolute atomic E-state index is 15.4. The molecular formula is C28H24F3N3O5S. The molecule has 2 heterocycles. The number of halogens is 3. The smallest absolute Gasteiger partial charge is 0.387 e. The van der Waals surface area contributed by atoms with Gasteiger partial charge in [0.2, 0.25) is 16.9 Å². The molecule has 4 rings (SSSR count). The number of anilines is 1. The topological polar surface area (TPSA) is 102 Å². The van der Waals surface area contributed by atoms with Crippen molar-refractivity contribution < 1.29 is 37.3 Å². The first-order valence-corrected chi connectivity index (χ1v) is 12.8. The average molecular weight is 572 g/mol. The van der Waals surface area contributed by atoms with Crippen molar-refractivity contribution in [2.45, 2.75) is 19.5 Å². The number of aromatic nitrogens is 2. The number of carbonyl (C=O) groups is 2. The van der Waals surface area contributed by atoms with Gasteiger partial charge in [-0.15, -0.1) is 0 Å². The van der Waals surface area contributed by atoms with Crippen molar-refractivity contribution in [3.05, 3.63) is 77.6 Å². The van der Waals surface area contributed by atoms with Gasteiger partial charge in [0.25, 0.3) is 0 Å². The van der Waals surface area contributed by atoms with E-state index in [1.54, 1.807) is 42.5 Å². The van der Waals surface area contributed by atoms with Crippen molar-refractivity contribution in [3.63, 3.8) is 0 Å². The van der Waals surface area contributed by atoms with Gasteiger partial charge in [0.05, 0.1) is 19.4 Å². The lowest BCUT2D eigenvalue weighted by atomic mass is 9.95. The zero-order valence-electron chi connectivity index (χ0n) is 21.4. The van der Waals surface area contributed by atoms with Gasteiger partial charge in [0.1, 0.15) is 11.4 Å². The van der Waals surface area contributed by atoms with Crippen LogP contribution in [0.1, 0.15) is 12.0 Å². The normalized spacial score (nSPS) is 11.8. The van der Waals surface area contributed by atoms with Crippen LogP contribution in [0.25, 0.3) is 22.4 Å². The number of aliphatic carboxylic acids is 1.